The molecule has 0 aromatic heterocycles. The van der Waals surface area contributed by atoms with Crippen molar-refractivity contribution in [2.24, 2.45) is 5.16 Å². The predicted molar refractivity (Wildman–Crippen MR) is 69.6 cm³/mol. The summed E-state index contributed by atoms with van der Waals surface area (Å²) in [5.74, 6) is 0. The molecule has 1 rings (SSSR count). The molecule has 0 spiro atoms. The number of hydrogen-bond donors (Lipinski definition) is 1. The van der Waals surface area contributed by atoms with Gasteiger partial charge in [-0.1, -0.05) is 29.7 Å². The van der Waals surface area contributed by atoms with Crippen LogP contribution >= 0.6 is 11.6 Å². The quantitative estimate of drug-likeness (QED) is 0.339. The first-order valence-corrected chi connectivity index (χ1v) is 6.53. The molecule has 0 aliphatic rings. The zero-order valence-electron chi connectivity index (χ0n) is 11.8. The van der Waals surface area contributed by atoms with E-state index >= 15 is 0 Å². The number of benzene rings is 1. The van der Waals surface area contributed by atoms with Crippen LogP contribution < -0.4 is 0 Å². The minimum absolute atomic E-state index is 0.0441. The fourth-order valence-corrected chi connectivity index (χ4v) is 2.38. The Hall–Kier alpha value is -1.51. The van der Waals surface area contributed by atoms with Crippen LogP contribution in [-0.2, 0) is 12.1 Å². The van der Waals surface area contributed by atoms with Gasteiger partial charge < -0.3 is 5.21 Å². The SMILES string of the molecule is CCc1c(C)cc(C(F)(C(F)(F)F)C(F)(F)F)cc1C(Cl)=NO. The first kappa shape index (κ1) is 19.5. The monoisotopic (exact) mass is 365 g/mol. The van der Waals surface area contributed by atoms with Gasteiger partial charge in [0.25, 0.3) is 0 Å². The van der Waals surface area contributed by atoms with Crippen LogP contribution in [0.15, 0.2) is 17.3 Å². The van der Waals surface area contributed by atoms with E-state index < -0.39 is 34.3 Å². The number of oxime groups is 1. The minimum atomic E-state index is -6.23. The van der Waals surface area contributed by atoms with Crippen molar-refractivity contribution in [3.05, 3.63) is 34.4 Å². The molecule has 0 atom stereocenters. The Labute approximate surface area is 131 Å². The molecule has 2 nitrogen and oxygen atoms in total. The average Bonchev–Trinajstić information content (AvgIpc) is 2.42. The van der Waals surface area contributed by atoms with Gasteiger partial charge >= 0.3 is 18.0 Å². The topological polar surface area (TPSA) is 32.6 Å². The van der Waals surface area contributed by atoms with Gasteiger partial charge in [-0.3, -0.25) is 0 Å². The zero-order chi connectivity index (χ0) is 18.2. The second kappa shape index (κ2) is 6.18. The van der Waals surface area contributed by atoms with E-state index in [1.807, 2.05) is 0 Å². The third-order valence-corrected chi connectivity index (χ3v) is 3.59. The Balaban J connectivity index is 3.81. The molecule has 23 heavy (non-hydrogen) atoms. The van der Waals surface area contributed by atoms with Crippen LogP contribution in [0.2, 0.25) is 0 Å². The molecule has 0 radical (unpaired) electrons. The van der Waals surface area contributed by atoms with Crippen molar-refractivity contribution in [3.8, 4) is 0 Å². The second-order valence-corrected chi connectivity index (χ2v) is 5.08. The summed E-state index contributed by atoms with van der Waals surface area (Å²) in [5.41, 5.74) is -7.45. The van der Waals surface area contributed by atoms with Gasteiger partial charge in [0.15, 0.2) is 5.17 Å². The molecule has 1 aromatic carbocycles. The van der Waals surface area contributed by atoms with Crippen molar-refractivity contribution in [1.29, 1.82) is 0 Å². The van der Waals surface area contributed by atoms with Crippen LogP contribution in [0.4, 0.5) is 30.7 Å². The number of aryl methyl sites for hydroxylation is 1. The molecule has 0 aliphatic carbocycles. The largest absolute Gasteiger partial charge is 0.435 e. The maximum absolute atomic E-state index is 14.1. The molecule has 0 amide bonds. The number of alkyl halides is 7. The molecule has 0 fully saturated rings. The smallest absolute Gasteiger partial charge is 0.410 e. The lowest BCUT2D eigenvalue weighted by atomic mass is 9.88. The first-order valence-electron chi connectivity index (χ1n) is 6.15. The summed E-state index contributed by atoms with van der Waals surface area (Å²) >= 11 is 5.51. The standard InChI is InChI=1S/C13H11ClF7NO/c1-3-8-6(2)4-7(5-9(8)10(14)22-23)11(15,12(16,17)18)13(19,20)21/h4-5,23H,3H2,1-2H3. The minimum Gasteiger partial charge on any atom is -0.410 e. The van der Waals surface area contributed by atoms with Gasteiger partial charge in [0, 0.05) is 11.1 Å². The van der Waals surface area contributed by atoms with Gasteiger partial charge in [0.1, 0.15) is 0 Å². The highest BCUT2D eigenvalue weighted by Gasteiger charge is 2.73. The van der Waals surface area contributed by atoms with Gasteiger partial charge in [0.2, 0.25) is 0 Å². The zero-order valence-corrected chi connectivity index (χ0v) is 12.5. The number of nitrogens with zero attached hydrogens (tertiary/aromatic N) is 1. The van der Waals surface area contributed by atoms with Crippen LogP contribution in [-0.4, -0.2) is 22.7 Å². The lowest BCUT2D eigenvalue weighted by Crippen LogP contribution is -2.50. The van der Waals surface area contributed by atoms with Crippen molar-refractivity contribution in [2.45, 2.75) is 38.3 Å². The summed E-state index contributed by atoms with van der Waals surface area (Å²) in [7, 11) is 0. The van der Waals surface area contributed by atoms with Crippen molar-refractivity contribution in [2.75, 3.05) is 0 Å². The van der Waals surface area contributed by atoms with Crippen LogP contribution in [0.5, 0.6) is 0 Å². The maximum Gasteiger partial charge on any atom is 0.435 e. The van der Waals surface area contributed by atoms with E-state index in [1.54, 1.807) is 6.92 Å². The molecule has 0 heterocycles. The summed E-state index contributed by atoms with van der Waals surface area (Å²) in [6.07, 6.45) is -12.3. The Morgan fingerprint density at radius 3 is 1.91 bits per heavy atom. The lowest BCUT2D eigenvalue weighted by molar-refractivity contribution is -0.348. The summed E-state index contributed by atoms with van der Waals surface area (Å²) in [6.45, 7) is 2.77. The van der Waals surface area contributed by atoms with Crippen LogP contribution in [0, 0.1) is 6.92 Å². The third kappa shape index (κ3) is 3.24. The van der Waals surface area contributed by atoms with Crippen LogP contribution in [0.25, 0.3) is 0 Å². The fourth-order valence-electron chi connectivity index (χ4n) is 2.21. The predicted octanol–water partition coefficient (Wildman–Crippen LogP) is 5.22. The Bertz CT molecular complexity index is 608. The molecule has 1 aromatic rings. The highest BCUT2D eigenvalue weighted by molar-refractivity contribution is 6.69. The van der Waals surface area contributed by atoms with Gasteiger partial charge in [-0.25, -0.2) is 4.39 Å². The fraction of sp³-hybridized carbons (Fsp3) is 0.462. The van der Waals surface area contributed by atoms with Crippen LogP contribution in [0.1, 0.15) is 29.2 Å². The molecule has 130 valence electrons. The van der Waals surface area contributed by atoms with Gasteiger partial charge in [0.05, 0.1) is 0 Å². The number of hydrogen-bond acceptors (Lipinski definition) is 2. The highest BCUT2D eigenvalue weighted by atomic mass is 35.5. The van der Waals surface area contributed by atoms with Crippen molar-refractivity contribution < 1.29 is 35.9 Å². The number of rotatable bonds is 3. The molecular formula is C13H11ClF7NO. The summed E-state index contributed by atoms with van der Waals surface area (Å²) in [6, 6.07) is 0.764. The molecule has 10 heteroatoms. The average molecular weight is 366 g/mol. The van der Waals surface area contributed by atoms with Crippen molar-refractivity contribution in [3.63, 3.8) is 0 Å². The normalized spacial score (nSPS) is 14.3. The van der Waals surface area contributed by atoms with Crippen molar-refractivity contribution >= 4 is 16.8 Å². The Morgan fingerprint density at radius 1 is 1.09 bits per heavy atom. The third-order valence-electron chi connectivity index (χ3n) is 3.32. The van der Waals surface area contributed by atoms with E-state index in [0.717, 1.165) is 0 Å². The highest BCUT2D eigenvalue weighted by Crippen LogP contribution is 2.53. The Morgan fingerprint density at radius 2 is 1.57 bits per heavy atom. The van der Waals surface area contributed by atoms with E-state index in [4.69, 9.17) is 16.8 Å². The molecule has 0 saturated carbocycles. The molecular weight excluding hydrogens is 355 g/mol. The lowest BCUT2D eigenvalue weighted by Gasteiger charge is -2.31. The second-order valence-electron chi connectivity index (χ2n) is 4.72. The first-order chi connectivity index (χ1) is 10.3. The van der Waals surface area contributed by atoms with E-state index in [-0.39, 0.29) is 17.5 Å². The molecule has 0 bridgehead atoms. The van der Waals surface area contributed by atoms with E-state index in [0.29, 0.717) is 12.1 Å². The molecule has 0 aliphatic heterocycles. The van der Waals surface area contributed by atoms with E-state index in [2.05, 4.69) is 5.16 Å². The Kier molecular flexibility index (Phi) is 5.25. The molecule has 0 saturated heterocycles. The maximum atomic E-state index is 14.1. The summed E-state index contributed by atoms with van der Waals surface area (Å²) in [5, 5.41) is 10.4. The summed E-state index contributed by atoms with van der Waals surface area (Å²) < 4.78 is 90.9. The van der Waals surface area contributed by atoms with Crippen LogP contribution in [0.3, 0.4) is 0 Å². The van der Waals surface area contributed by atoms with Gasteiger partial charge in [-0.15, -0.1) is 0 Å². The molecule has 0 unspecified atom stereocenters. The number of halogens is 8. The van der Waals surface area contributed by atoms with E-state index in [1.165, 1.54) is 6.92 Å². The van der Waals surface area contributed by atoms with Gasteiger partial charge in [-0.2, -0.15) is 26.3 Å². The van der Waals surface area contributed by atoms with Gasteiger partial charge in [-0.05, 0) is 30.5 Å². The molecule has 1 N–H and O–H groups in total. The van der Waals surface area contributed by atoms with E-state index in [9.17, 15) is 30.7 Å². The summed E-state index contributed by atoms with van der Waals surface area (Å²) in [4.78, 5) is 0. The van der Waals surface area contributed by atoms with Crippen molar-refractivity contribution in [1.82, 2.24) is 0 Å².